The maximum atomic E-state index is 12.9. The van der Waals surface area contributed by atoms with Gasteiger partial charge in [0, 0.05) is 19.6 Å². The number of esters is 1. The molecule has 1 aromatic carbocycles. The third kappa shape index (κ3) is 7.03. The number of carbonyl (C=O) groups is 3. The number of amides is 2. The molecule has 2 fully saturated rings. The van der Waals surface area contributed by atoms with E-state index in [0.29, 0.717) is 12.8 Å². The summed E-state index contributed by atoms with van der Waals surface area (Å²) >= 11 is 0. The highest BCUT2D eigenvalue weighted by molar-refractivity contribution is 5.98. The number of aryl methyl sites for hydroxylation is 1. The van der Waals surface area contributed by atoms with Crippen LogP contribution in [0.5, 0.6) is 0 Å². The Balaban J connectivity index is 1.47. The zero-order valence-corrected chi connectivity index (χ0v) is 20.4. The van der Waals surface area contributed by atoms with Crippen molar-refractivity contribution >= 4 is 17.8 Å². The molecular weight excluding hydrogens is 418 g/mol. The van der Waals surface area contributed by atoms with E-state index in [0.717, 1.165) is 32.5 Å². The van der Waals surface area contributed by atoms with Gasteiger partial charge < -0.3 is 19.9 Å². The van der Waals surface area contributed by atoms with E-state index in [1.165, 1.54) is 18.4 Å². The number of unbranched alkanes of at least 4 members (excludes halogenated alkanes) is 2. The van der Waals surface area contributed by atoms with Crippen LogP contribution in [-0.2, 0) is 25.5 Å². The number of benzene rings is 1. The minimum Gasteiger partial charge on any atom is -0.460 e. The molecule has 2 aliphatic heterocycles. The number of piperazine rings is 1. The first-order chi connectivity index (χ1) is 15.7. The second-order valence-electron chi connectivity index (χ2n) is 10.2. The minimum absolute atomic E-state index is 0.0000301. The van der Waals surface area contributed by atoms with Crippen LogP contribution in [0.15, 0.2) is 30.3 Å². The Morgan fingerprint density at radius 1 is 1.03 bits per heavy atom. The number of likely N-dealkylation sites (tertiary alicyclic amines) is 1. The van der Waals surface area contributed by atoms with Crippen LogP contribution in [0.2, 0.25) is 0 Å². The van der Waals surface area contributed by atoms with Crippen LogP contribution in [0.4, 0.5) is 0 Å². The van der Waals surface area contributed by atoms with Gasteiger partial charge in [0.05, 0.1) is 13.0 Å². The molecular formula is C26H39N3O4. The lowest BCUT2D eigenvalue weighted by Crippen LogP contribution is -2.70. The zero-order chi connectivity index (χ0) is 23.9. The average molecular weight is 458 g/mol. The molecule has 0 bridgehead atoms. The van der Waals surface area contributed by atoms with E-state index in [2.05, 4.69) is 34.5 Å². The molecule has 2 aliphatic rings. The largest absolute Gasteiger partial charge is 0.460 e. The van der Waals surface area contributed by atoms with Gasteiger partial charge in [-0.05, 0) is 65.0 Å². The van der Waals surface area contributed by atoms with Gasteiger partial charge in [-0.2, -0.15) is 0 Å². The van der Waals surface area contributed by atoms with Crippen LogP contribution in [0.3, 0.4) is 0 Å². The van der Waals surface area contributed by atoms with Crippen LogP contribution in [0.1, 0.15) is 64.9 Å². The van der Waals surface area contributed by atoms with Crippen molar-refractivity contribution in [3.63, 3.8) is 0 Å². The van der Waals surface area contributed by atoms with Gasteiger partial charge in [-0.1, -0.05) is 36.8 Å². The number of hydrogen-bond donors (Lipinski definition) is 1. The predicted octanol–water partition coefficient (Wildman–Crippen LogP) is 2.92. The third-order valence-electron chi connectivity index (χ3n) is 6.57. The number of nitrogens with zero attached hydrogens (tertiary/aromatic N) is 2. The normalized spacial score (nSPS) is 18.9. The van der Waals surface area contributed by atoms with E-state index in [4.69, 9.17) is 4.74 Å². The Kier molecular flexibility index (Phi) is 8.51. The van der Waals surface area contributed by atoms with Crippen LogP contribution in [0.25, 0.3) is 0 Å². The maximum Gasteiger partial charge on any atom is 0.308 e. The standard InChI is InChI=1S/C26H39N3O4/c1-25(2,3)33-23(31)13-17-29-22(30)20-27-24(32)26(29)14-18-28(19-15-26)16-9-5-8-12-21-10-6-4-7-11-21/h4,6-7,10-11H,5,8-9,12-20H2,1-3H3,(H,27,32). The highest BCUT2D eigenvalue weighted by atomic mass is 16.6. The Hall–Kier alpha value is -2.41. The van der Waals surface area contributed by atoms with Crippen molar-refractivity contribution in [1.29, 1.82) is 0 Å². The molecule has 2 amide bonds. The van der Waals surface area contributed by atoms with Crippen molar-refractivity contribution in [2.45, 2.75) is 76.9 Å². The first kappa shape index (κ1) is 25.2. The minimum atomic E-state index is -0.846. The van der Waals surface area contributed by atoms with Gasteiger partial charge >= 0.3 is 5.97 Å². The molecule has 2 saturated heterocycles. The molecule has 1 spiro atoms. The highest BCUT2D eigenvalue weighted by Crippen LogP contribution is 2.32. The Morgan fingerprint density at radius 3 is 2.39 bits per heavy atom. The van der Waals surface area contributed by atoms with Gasteiger partial charge in [0.25, 0.3) is 0 Å². The van der Waals surface area contributed by atoms with Crippen LogP contribution in [-0.4, -0.2) is 71.4 Å². The summed E-state index contributed by atoms with van der Waals surface area (Å²) in [5, 5.41) is 2.77. The van der Waals surface area contributed by atoms with E-state index in [1.54, 1.807) is 4.90 Å². The molecule has 0 unspecified atom stereocenters. The molecule has 7 heteroatoms. The molecule has 0 aromatic heterocycles. The highest BCUT2D eigenvalue weighted by Gasteiger charge is 2.50. The van der Waals surface area contributed by atoms with Crippen molar-refractivity contribution in [2.75, 3.05) is 32.7 Å². The van der Waals surface area contributed by atoms with Crippen molar-refractivity contribution in [1.82, 2.24) is 15.1 Å². The van der Waals surface area contributed by atoms with Gasteiger partial charge in [0.1, 0.15) is 11.1 Å². The van der Waals surface area contributed by atoms with Crippen molar-refractivity contribution in [3.8, 4) is 0 Å². The lowest BCUT2D eigenvalue weighted by Gasteiger charge is -2.49. The van der Waals surface area contributed by atoms with E-state index in [1.807, 2.05) is 26.8 Å². The van der Waals surface area contributed by atoms with Crippen molar-refractivity contribution in [2.24, 2.45) is 0 Å². The van der Waals surface area contributed by atoms with E-state index < -0.39 is 11.1 Å². The molecule has 1 N–H and O–H groups in total. The van der Waals surface area contributed by atoms with Gasteiger partial charge in [-0.25, -0.2) is 0 Å². The van der Waals surface area contributed by atoms with E-state index in [-0.39, 0.29) is 37.3 Å². The Bertz CT molecular complexity index is 811. The fourth-order valence-corrected chi connectivity index (χ4v) is 4.84. The molecule has 0 aliphatic carbocycles. The number of ether oxygens (including phenoxy) is 1. The second kappa shape index (κ2) is 11.1. The lowest BCUT2D eigenvalue weighted by molar-refractivity contribution is -0.162. The molecule has 7 nitrogen and oxygen atoms in total. The van der Waals surface area contributed by atoms with Crippen LogP contribution < -0.4 is 5.32 Å². The summed E-state index contributed by atoms with van der Waals surface area (Å²) in [5.41, 5.74) is -0.0251. The molecule has 3 rings (SSSR count). The maximum absolute atomic E-state index is 12.9. The van der Waals surface area contributed by atoms with Gasteiger partial charge in [-0.3, -0.25) is 14.4 Å². The SMILES string of the molecule is CC(C)(C)OC(=O)CCN1C(=O)CNC(=O)C12CCN(CCCCCc1ccccc1)CC2. The summed E-state index contributed by atoms with van der Waals surface area (Å²) in [6, 6.07) is 10.6. The van der Waals surface area contributed by atoms with Gasteiger partial charge in [0.2, 0.25) is 11.8 Å². The summed E-state index contributed by atoms with van der Waals surface area (Å²) in [6.45, 7) is 8.26. The molecule has 33 heavy (non-hydrogen) atoms. The number of hydrogen-bond acceptors (Lipinski definition) is 5. The topological polar surface area (TPSA) is 79.0 Å². The first-order valence-electron chi connectivity index (χ1n) is 12.3. The average Bonchev–Trinajstić information content (AvgIpc) is 2.77. The lowest BCUT2D eigenvalue weighted by atomic mass is 9.82. The fraction of sp³-hybridized carbons (Fsp3) is 0.654. The smallest absolute Gasteiger partial charge is 0.308 e. The summed E-state index contributed by atoms with van der Waals surface area (Å²) in [4.78, 5) is 41.8. The van der Waals surface area contributed by atoms with Crippen molar-refractivity contribution in [3.05, 3.63) is 35.9 Å². The van der Waals surface area contributed by atoms with Crippen LogP contribution in [0, 0.1) is 0 Å². The molecule has 1 aromatic rings. The summed E-state index contributed by atoms with van der Waals surface area (Å²) in [7, 11) is 0. The summed E-state index contributed by atoms with van der Waals surface area (Å²) in [6.07, 6.45) is 5.90. The monoisotopic (exact) mass is 457 g/mol. The summed E-state index contributed by atoms with van der Waals surface area (Å²) in [5.74, 6) is -0.550. The third-order valence-corrected chi connectivity index (χ3v) is 6.57. The van der Waals surface area contributed by atoms with Gasteiger partial charge in [-0.15, -0.1) is 0 Å². The van der Waals surface area contributed by atoms with E-state index in [9.17, 15) is 14.4 Å². The van der Waals surface area contributed by atoms with Crippen LogP contribution >= 0.6 is 0 Å². The number of nitrogens with one attached hydrogen (secondary N) is 1. The molecule has 182 valence electrons. The molecule has 0 saturated carbocycles. The second-order valence-corrected chi connectivity index (χ2v) is 10.2. The fourth-order valence-electron chi connectivity index (χ4n) is 4.84. The molecule has 0 atom stereocenters. The molecule has 2 heterocycles. The Labute approximate surface area is 197 Å². The zero-order valence-electron chi connectivity index (χ0n) is 20.4. The summed E-state index contributed by atoms with van der Waals surface area (Å²) < 4.78 is 5.39. The molecule has 0 radical (unpaired) electrons. The van der Waals surface area contributed by atoms with Crippen molar-refractivity contribution < 1.29 is 19.1 Å². The number of carbonyl (C=O) groups excluding carboxylic acids is 3. The Morgan fingerprint density at radius 2 is 1.73 bits per heavy atom. The first-order valence-corrected chi connectivity index (χ1v) is 12.3. The quantitative estimate of drug-likeness (QED) is 0.456. The number of piperidine rings is 1. The predicted molar refractivity (Wildman–Crippen MR) is 128 cm³/mol. The van der Waals surface area contributed by atoms with E-state index >= 15 is 0 Å². The number of rotatable bonds is 9. The van der Waals surface area contributed by atoms with Gasteiger partial charge in [0.15, 0.2) is 0 Å².